The second kappa shape index (κ2) is 11.7. The molecule has 0 N–H and O–H groups in total. The van der Waals surface area contributed by atoms with Gasteiger partial charge in [-0.3, -0.25) is 4.79 Å². The maximum atomic E-state index is 11.7. The molecule has 0 amide bonds. The number of pyridine rings is 2. The van der Waals surface area contributed by atoms with E-state index in [1.54, 1.807) is 18.9 Å². The highest BCUT2D eigenvalue weighted by atomic mass is 79.9. The number of carbonyl (C=O) groups excluding carboxylic acids is 1. The van der Waals surface area contributed by atoms with E-state index in [1.165, 1.54) is 0 Å². The molecule has 3 aromatic rings. The summed E-state index contributed by atoms with van der Waals surface area (Å²) >= 11 is 3.43. The molecule has 8 nitrogen and oxygen atoms in total. The van der Waals surface area contributed by atoms with Gasteiger partial charge < -0.3 is 14.4 Å². The van der Waals surface area contributed by atoms with E-state index in [1.807, 2.05) is 31.2 Å². The van der Waals surface area contributed by atoms with Crippen molar-refractivity contribution in [2.75, 3.05) is 38.8 Å². The lowest BCUT2D eigenvalue weighted by Gasteiger charge is -2.33. The zero-order valence-corrected chi connectivity index (χ0v) is 21.5. The normalized spacial score (nSPS) is 14.5. The molecule has 0 atom stereocenters. The Balaban J connectivity index is 0.000000709. The molecule has 0 aliphatic carbocycles. The molecule has 0 bridgehead atoms. The Morgan fingerprint density at radius 3 is 2.45 bits per heavy atom. The fraction of sp³-hybridized carbons (Fsp3) is 0.500. The predicted octanol–water partition coefficient (Wildman–Crippen LogP) is 4.78. The molecule has 3 aromatic heterocycles. The second-order valence-corrected chi connectivity index (χ2v) is 8.96. The van der Waals surface area contributed by atoms with Crippen molar-refractivity contribution < 1.29 is 14.3 Å². The van der Waals surface area contributed by atoms with E-state index in [0.717, 1.165) is 60.2 Å². The number of fused-ring (bicyclic) bond motifs is 1. The predicted molar refractivity (Wildman–Crippen MR) is 134 cm³/mol. The van der Waals surface area contributed by atoms with Crippen LogP contribution in [0.15, 0.2) is 28.9 Å². The third kappa shape index (κ3) is 5.77. The Morgan fingerprint density at radius 2 is 1.91 bits per heavy atom. The van der Waals surface area contributed by atoms with Crippen molar-refractivity contribution in [3.8, 4) is 5.82 Å². The molecular weight excluding hydrogens is 486 g/mol. The maximum Gasteiger partial charge on any atom is 0.168 e. The summed E-state index contributed by atoms with van der Waals surface area (Å²) < 4.78 is 12.5. The van der Waals surface area contributed by atoms with Crippen molar-refractivity contribution in [2.24, 2.45) is 0 Å². The Labute approximate surface area is 203 Å². The van der Waals surface area contributed by atoms with Crippen molar-refractivity contribution in [2.45, 2.75) is 45.6 Å². The molecule has 1 aliphatic heterocycles. The number of carbonyl (C=O) groups is 1. The zero-order valence-electron chi connectivity index (χ0n) is 19.9. The standard InChI is InChI=1S/C21H24BrN5O2.C3H8O/c1-13(2)20-19-16(26-9-7-15(29-3)8-10-26)11-14(12-28)23-21(19)27(25-20)18-6-4-5-17(22)24-18;1-3-4-2/h4-6,11-13,15H,7-10H2,1-3H3;3H2,1-2H3. The zero-order chi connectivity index (χ0) is 24.0. The molecule has 1 fully saturated rings. The van der Waals surface area contributed by atoms with Crippen LogP contribution in [-0.2, 0) is 9.47 Å². The molecule has 0 radical (unpaired) electrons. The molecule has 0 aromatic carbocycles. The van der Waals surface area contributed by atoms with Crippen LogP contribution in [0.1, 0.15) is 55.7 Å². The number of rotatable bonds is 6. The molecule has 0 saturated carbocycles. The van der Waals surface area contributed by atoms with Crippen molar-refractivity contribution in [3.63, 3.8) is 0 Å². The summed E-state index contributed by atoms with van der Waals surface area (Å²) in [5.74, 6) is 0.862. The van der Waals surface area contributed by atoms with E-state index < -0.39 is 0 Å². The number of hydrogen-bond acceptors (Lipinski definition) is 7. The first-order valence-electron chi connectivity index (χ1n) is 11.2. The first-order chi connectivity index (χ1) is 15.9. The topological polar surface area (TPSA) is 82.4 Å². The highest BCUT2D eigenvalue weighted by Crippen LogP contribution is 2.35. The minimum Gasteiger partial charge on any atom is -0.385 e. The van der Waals surface area contributed by atoms with E-state index in [-0.39, 0.29) is 12.0 Å². The van der Waals surface area contributed by atoms with Gasteiger partial charge in [-0.15, -0.1) is 0 Å². The summed E-state index contributed by atoms with van der Waals surface area (Å²) in [5.41, 5.74) is 3.02. The second-order valence-electron chi connectivity index (χ2n) is 8.15. The van der Waals surface area contributed by atoms with Crippen LogP contribution in [0.2, 0.25) is 0 Å². The highest BCUT2D eigenvalue weighted by Gasteiger charge is 2.26. The van der Waals surface area contributed by atoms with Crippen LogP contribution in [-0.4, -0.2) is 66.1 Å². The van der Waals surface area contributed by atoms with Crippen molar-refractivity contribution in [1.82, 2.24) is 19.7 Å². The smallest absolute Gasteiger partial charge is 0.168 e. The van der Waals surface area contributed by atoms with Gasteiger partial charge >= 0.3 is 0 Å². The molecule has 4 heterocycles. The van der Waals surface area contributed by atoms with Crippen LogP contribution < -0.4 is 4.90 Å². The van der Waals surface area contributed by atoms with Crippen molar-refractivity contribution in [3.05, 3.63) is 40.3 Å². The van der Waals surface area contributed by atoms with Crippen LogP contribution in [0, 0.1) is 0 Å². The number of aldehydes is 1. The summed E-state index contributed by atoms with van der Waals surface area (Å²) in [6.45, 7) is 8.76. The Morgan fingerprint density at radius 1 is 1.21 bits per heavy atom. The SMILES string of the molecule is CCOC.COC1CCN(c2cc(C=O)nc3c2c(C(C)C)nn3-c2cccc(Br)n2)CC1. The summed E-state index contributed by atoms with van der Waals surface area (Å²) in [6.07, 6.45) is 2.99. The van der Waals surface area contributed by atoms with Gasteiger partial charge in [-0.05, 0) is 59.8 Å². The van der Waals surface area contributed by atoms with Gasteiger partial charge in [0.1, 0.15) is 10.3 Å². The summed E-state index contributed by atoms with van der Waals surface area (Å²) in [6, 6.07) is 7.55. The Kier molecular flexibility index (Phi) is 8.94. The highest BCUT2D eigenvalue weighted by molar-refractivity contribution is 9.10. The van der Waals surface area contributed by atoms with Crippen LogP contribution in [0.4, 0.5) is 5.69 Å². The summed E-state index contributed by atoms with van der Waals surface area (Å²) in [4.78, 5) is 23.1. The monoisotopic (exact) mass is 517 g/mol. The molecular formula is C24H32BrN5O3. The number of nitrogens with zero attached hydrogens (tertiary/aromatic N) is 5. The fourth-order valence-electron chi connectivity index (χ4n) is 3.86. The molecule has 9 heteroatoms. The fourth-order valence-corrected chi connectivity index (χ4v) is 4.20. The van der Waals surface area contributed by atoms with Gasteiger partial charge in [-0.2, -0.15) is 9.78 Å². The maximum absolute atomic E-state index is 11.7. The average Bonchev–Trinajstić information content (AvgIpc) is 3.23. The Hall–Kier alpha value is -2.36. The van der Waals surface area contributed by atoms with E-state index in [2.05, 4.69) is 49.4 Å². The minimum absolute atomic E-state index is 0.199. The van der Waals surface area contributed by atoms with Gasteiger partial charge in [-0.1, -0.05) is 19.9 Å². The van der Waals surface area contributed by atoms with Gasteiger partial charge in [0.15, 0.2) is 17.8 Å². The van der Waals surface area contributed by atoms with E-state index in [9.17, 15) is 4.79 Å². The van der Waals surface area contributed by atoms with Gasteiger partial charge in [0.25, 0.3) is 0 Å². The molecule has 33 heavy (non-hydrogen) atoms. The first-order valence-corrected chi connectivity index (χ1v) is 12.0. The number of hydrogen-bond donors (Lipinski definition) is 0. The number of ether oxygens (including phenoxy) is 2. The van der Waals surface area contributed by atoms with Gasteiger partial charge in [0.2, 0.25) is 0 Å². The van der Waals surface area contributed by atoms with E-state index in [4.69, 9.17) is 9.84 Å². The lowest BCUT2D eigenvalue weighted by atomic mass is 10.0. The van der Waals surface area contributed by atoms with Crippen LogP contribution in [0.3, 0.4) is 0 Å². The summed E-state index contributed by atoms with van der Waals surface area (Å²) in [5, 5.41) is 5.85. The van der Waals surface area contributed by atoms with Crippen LogP contribution in [0.5, 0.6) is 0 Å². The van der Waals surface area contributed by atoms with Crippen molar-refractivity contribution >= 4 is 38.9 Å². The minimum atomic E-state index is 0.199. The molecule has 178 valence electrons. The van der Waals surface area contributed by atoms with Crippen LogP contribution >= 0.6 is 15.9 Å². The quantitative estimate of drug-likeness (QED) is 0.343. The number of halogens is 1. The molecule has 1 saturated heterocycles. The number of aromatic nitrogens is 4. The number of anilines is 1. The van der Waals surface area contributed by atoms with Gasteiger partial charge in [-0.25, -0.2) is 9.97 Å². The third-order valence-electron chi connectivity index (χ3n) is 5.65. The third-order valence-corrected chi connectivity index (χ3v) is 6.10. The molecule has 1 aliphatic rings. The number of piperidine rings is 1. The average molecular weight is 518 g/mol. The van der Waals surface area contributed by atoms with Gasteiger partial charge in [0, 0.05) is 33.9 Å². The van der Waals surface area contributed by atoms with Crippen molar-refractivity contribution in [1.29, 1.82) is 0 Å². The van der Waals surface area contributed by atoms with Gasteiger partial charge in [0.05, 0.1) is 22.9 Å². The largest absolute Gasteiger partial charge is 0.385 e. The molecule has 4 rings (SSSR count). The molecule has 0 unspecified atom stereocenters. The number of methoxy groups -OCH3 is 2. The van der Waals surface area contributed by atoms with E-state index in [0.29, 0.717) is 17.2 Å². The van der Waals surface area contributed by atoms with E-state index >= 15 is 0 Å². The van der Waals surface area contributed by atoms with Crippen LogP contribution in [0.25, 0.3) is 16.9 Å². The summed E-state index contributed by atoms with van der Waals surface area (Å²) in [7, 11) is 3.45. The molecule has 0 spiro atoms. The Bertz CT molecular complexity index is 1080. The lowest BCUT2D eigenvalue weighted by Crippen LogP contribution is -2.36. The lowest BCUT2D eigenvalue weighted by molar-refractivity contribution is 0.0819. The first kappa shape index (κ1) is 25.3.